The number of halogens is 3. The largest absolute Gasteiger partial charge is 0.493 e. The minimum atomic E-state index is -4.47. The van der Waals surface area contributed by atoms with Gasteiger partial charge in [0.25, 0.3) is 0 Å². The van der Waals surface area contributed by atoms with E-state index in [1.54, 1.807) is 24.3 Å². The van der Waals surface area contributed by atoms with Gasteiger partial charge in [-0.3, -0.25) is 9.80 Å². The Hall–Kier alpha value is -3.83. The van der Waals surface area contributed by atoms with E-state index < -0.39 is 36.4 Å². The van der Waals surface area contributed by atoms with Crippen LogP contribution in [0.3, 0.4) is 0 Å². The van der Waals surface area contributed by atoms with E-state index in [2.05, 4.69) is 5.10 Å². The van der Waals surface area contributed by atoms with Gasteiger partial charge in [0, 0.05) is 23.9 Å². The van der Waals surface area contributed by atoms with Gasteiger partial charge in [0.2, 0.25) is 12.5 Å². The Morgan fingerprint density at radius 2 is 1.68 bits per heavy atom. The molecule has 0 N–H and O–H groups in total. The Morgan fingerprint density at radius 3 is 2.24 bits per heavy atom. The first-order valence-corrected chi connectivity index (χ1v) is 11.4. The summed E-state index contributed by atoms with van der Waals surface area (Å²) >= 11 is 0. The highest BCUT2D eigenvalue weighted by Gasteiger charge is 2.51. The van der Waals surface area contributed by atoms with Crippen molar-refractivity contribution in [1.82, 2.24) is 5.01 Å². The van der Waals surface area contributed by atoms with Gasteiger partial charge in [-0.2, -0.15) is 18.3 Å². The second kappa shape index (κ2) is 9.24. The highest BCUT2D eigenvalue weighted by molar-refractivity contribution is 6.08. The predicted molar refractivity (Wildman–Crippen MR) is 124 cm³/mol. The van der Waals surface area contributed by atoms with E-state index in [0.717, 1.165) is 5.01 Å². The van der Waals surface area contributed by atoms with Crippen molar-refractivity contribution in [3.05, 3.63) is 41.0 Å². The number of alkyl halides is 3. The number of nitrogens with zero attached hydrogens (tertiary/aromatic N) is 2. The molecule has 37 heavy (non-hydrogen) atoms. The molecule has 0 unspecified atom stereocenters. The molecule has 198 valence electrons. The molecule has 2 heterocycles. The molecule has 0 aromatic heterocycles. The third-order valence-corrected chi connectivity index (χ3v) is 6.84. The molecular formula is C25H25F3N2O7. The lowest BCUT2D eigenvalue weighted by atomic mass is 9.65. The Labute approximate surface area is 210 Å². The van der Waals surface area contributed by atoms with E-state index in [1.165, 1.54) is 28.4 Å². The Kier molecular flexibility index (Phi) is 6.20. The molecule has 0 amide bonds. The third-order valence-electron chi connectivity index (χ3n) is 6.84. The van der Waals surface area contributed by atoms with Crippen molar-refractivity contribution in [2.45, 2.75) is 12.1 Å². The number of methoxy groups -OCH3 is 4. The molecule has 3 aliphatic rings. The number of carbonyl (C=O) groups excluding carboxylic acids is 1. The Morgan fingerprint density at radius 1 is 1.03 bits per heavy atom. The molecule has 0 saturated carbocycles. The van der Waals surface area contributed by atoms with E-state index in [1.807, 2.05) is 0 Å². The smallest absolute Gasteiger partial charge is 0.407 e. The van der Waals surface area contributed by atoms with E-state index >= 15 is 0 Å². The lowest BCUT2D eigenvalue weighted by Gasteiger charge is -2.37. The number of hydrogen-bond donors (Lipinski definition) is 0. The molecule has 0 bridgehead atoms. The predicted octanol–water partition coefficient (Wildman–Crippen LogP) is 3.57. The topological polar surface area (TPSA) is 88.1 Å². The number of ether oxygens (including phenoxy) is 6. The van der Waals surface area contributed by atoms with Gasteiger partial charge >= 0.3 is 12.1 Å². The summed E-state index contributed by atoms with van der Waals surface area (Å²) < 4.78 is 72.7. The number of carbonyl (C=O) groups is 1. The van der Waals surface area contributed by atoms with Crippen molar-refractivity contribution >= 4 is 11.7 Å². The van der Waals surface area contributed by atoms with E-state index in [-0.39, 0.29) is 13.3 Å². The molecule has 1 aliphatic carbocycles. The van der Waals surface area contributed by atoms with Crippen LogP contribution in [0.5, 0.6) is 28.7 Å². The van der Waals surface area contributed by atoms with Crippen LogP contribution in [0.2, 0.25) is 0 Å². The normalized spacial score (nSPS) is 21.6. The summed E-state index contributed by atoms with van der Waals surface area (Å²) in [5.74, 6) is -0.777. The summed E-state index contributed by atoms with van der Waals surface area (Å²) in [5, 5.41) is 5.25. The summed E-state index contributed by atoms with van der Waals surface area (Å²) in [6.07, 6.45) is -4.47. The minimum Gasteiger partial charge on any atom is -0.493 e. The van der Waals surface area contributed by atoms with Crippen molar-refractivity contribution in [2.75, 3.05) is 48.3 Å². The van der Waals surface area contributed by atoms with Crippen molar-refractivity contribution < 1.29 is 46.4 Å². The second-order valence-corrected chi connectivity index (χ2v) is 8.83. The first kappa shape index (κ1) is 24.8. The van der Waals surface area contributed by atoms with Crippen molar-refractivity contribution in [3.63, 3.8) is 0 Å². The zero-order valence-electron chi connectivity index (χ0n) is 20.5. The van der Waals surface area contributed by atoms with Gasteiger partial charge in [0.1, 0.15) is 6.54 Å². The number of esters is 1. The minimum absolute atomic E-state index is 0.00358. The lowest BCUT2D eigenvalue weighted by Crippen LogP contribution is -2.42. The maximum atomic E-state index is 13.3. The number of hydrazone groups is 1. The van der Waals surface area contributed by atoms with Gasteiger partial charge in [-0.15, -0.1) is 0 Å². The quantitative estimate of drug-likeness (QED) is 0.533. The van der Waals surface area contributed by atoms with Crippen LogP contribution in [0.1, 0.15) is 22.6 Å². The van der Waals surface area contributed by atoms with Gasteiger partial charge < -0.3 is 28.4 Å². The molecule has 0 spiro atoms. The van der Waals surface area contributed by atoms with Crippen LogP contribution in [0.4, 0.5) is 13.2 Å². The summed E-state index contributed by atoms with van der Waals surface area (Å²) in [4.78, 5) is 13.3. The fourth-order valence-corrected chi connectivity index (χ4v) is 5.39. The monoisotopic (exact) mass is 522 g/mol. The van der Waals surface area contributed by atoms with Crippen molar-refractivity contribution in [1.29, 1.82) is 0 Å². The molecule has 2 aliphatic heterocycles. The number of fused-ring (bicyclic) bond motifs is 4. The molecular weight excluding hydrogens is 497 g/mol. The summed E-state index contributed by atoms with van der Waals surface area (Å²) in [6.45, 7) is -1.34. The maximum absolute atomic E-state index is 13.3. The average Bonchev–Trinajstić information content (AvgIpc) is 3.50. The zero-order valence-corrected chi connectivity index (χ0v) is 20.5. The van der Waals surface area contributed by atoms with Crippen LogP contribution in [-0.2, 0) is 9.53 Å². The summed E-state index contributed by atoms with van der Waals surface area (Å²) in [5.41, 5.74) is 2.21. The Balaban J connectivity index is 1.74. The molecule has 3 atom stereocenters. The van der Waals surface area contributed by atoms with Gasteiger partial charge in [-0.25, -0.2) is 0 Å². The molecule has 9 nitrogen and oxygen atoms in total. The number of hydrogen-bond acceptors (Lipinski definition) is 9. The van der Waals surface area contributed by atoms with Gasteiger partial charge in [0.15, 0.2) is 23.0 Å². The lowest BCUT2D eigenvalue weighted by molar-refractivity contribution is -0.149. The second-order valence-electron chi connectivity index (χ2n) is 8.83. The highest BCUT2D eigenvalue weighted by atomic mass is 19.4. The van der Waals surface area contributed by atoms with Crippen LogP contribution >= 0.6 is 0 Å². The molecule has 0 fully saturated rings. The van der Waals surface area contributed by atoms with Crippen molar-refractivity contribution in [2.24, 2.45) is 16.9 Å². The Bertz CT molecular complexity index is 1240. The molecule has 0 radical (unpaired) electrons. The van der Waals surface area contributed by atoms with Gasteiger partial charge in [-0.1, -0.05) is 0 Å². The van der Waals surface area contributed by atoms with E-state index in [4.69, 9.17) is 28.4 Å². The van der Waals surface area contributed by atoms with Crippen LogP contribution in [0, 0.1) is 11.8 Å². The number of rotatable bonds is 6. The zero-order chi connectivity index (χ0) is 26.5. The highest BCUT2D eigenvalue weighted by Crippen LogP contribution is 2.52. The molecule has 2 aromatic rings. The molecule has 5 rings (SSSR count). The third kappa shape index (κ3) is 4.23. The van der Waals surface area contributed by atoms with Crippen LogP contribution in [0.25, 0.3) is 0 Å². The van der Waals surface area contributed by atoms with Crippen LogP contribution in [0.15, 0.2) is 29.4 Å². The van der Waals surface area contributed by atoms with Crippen LogP contribution in [-0.4, -0.2) is 71.2 Å². The van der Waals surface area contributed by atoms with Crippen LogP contribution < -0.4 is 23.7 Å². The fraction of sp³-hybridized carbons (Fsp3) is 0.440. The standard InChI is InChI=1S/C25H25F3N2O7/c1-32-18-5-12(6-19(33-2)23(18)34-3)20-13-7-16-17(37-11-36-16)8-14(13)22-15(21(20)24(31)35-4)9-30(29-22)10-25(26,27)28/h5-8,15,20-21H,9-11H2,1-4H3/t15-,20+,21-/m0/s1. The molecule has 0 saturated heterocycles. The first-order valence-electron chi connectivity index (χ1n) is 11.4. The van der Waals surface area contributed by atoms with E-state index in [9.17, 15) is 18.0 Å². The summed E-state index contributed by atoms with van der Waals surface area (Å²) in [7, 11) is 5.68. The van der Waals surface area contributed by atoms with E-state index in [0.29, 0.717) is 51.1 Å². The fourth-order valence-electron chi connectivity index (χ4n) is 5.39. The maximum Gasteiger partial charge on any atom is 0.407 e. The summed E-state index contributed by atoms with van der Waals surface area (Å²) in [6, 6.07) is 6.90. The molecule has 12 heteroatoms. The molecule has 2 aromatic carbocycles. The average molecular weight is 522 g/mol. The van der Waals surface area contributed by atoms with Gasteiger partial charge in [-0.05, 0) is 35.4 Å². The SMILES string of the molecule is COC(=O)[C@@H]1[C@H](c2cc(OC)c(OC)c(OC)c2)c2cc3c(cc2C2=NN(CC(F)(F)F)C[C@H]21)OCO3. The first-order chi connectivity index (χ1) is 17.7. The number of benzene rings is 2. The van der Waals surface area contributed by atoms with Gasteiger partial charge in [0.05, 0.1) is 40.1 Å². The van der Waals surface area contributed by atoms with Crippen molar-refractivity contribution in [3.8, 4) is 28.7 Å².